The first-order valence-electron chi connectivity index (χ1n) is 7.07. The molecule has 3 rings (SSSR count). The minimum absolute atomic E-state index is 0.0911. The number of ether oxygens (including phenoxy) is 1. The Morgan fingerprint density at radius 1 is 1.55 bits per heavy atom. The molecule has 0 radical (unpaired) electrons. The lowest BCUT2D eigenvalue weighted by Crippen LogP contribution is -2.33. The quantitative estimate of drug-likeness (QED) is 0.877. The second-order valence-corrected chi connectivity index (χ2v) is 6.23. The number of nitrogens with one attached hydrogen (secondary N) is 1. The molecular weight excluding hydrogens is 276 g/mol. The lowest BCUT2D eigenvalue weighted by atomic mass is 10.2. The Morgan fingerprint density at radius 3 is 3.10 bits per heavy atom. The Morgan fingerprint density at radius 2 is 2.35 bits per heavy atom. The average molecular weight is 296 g/mol. The summed E-state index contributed by atoms with van der Waals surface area (Å²) in [5, 5.41) is 3.87. The van der Waals surface area contributed by atoms with Crippen molar-refractivity contribution in [3.63, 3.8) is 0 Å². The first-order chi connectivity index (χ1) is 9.65. The van der Waals surface area contributed by atoms with Gasteiger partial charge in [-0.15, -0.1) is 0 Å². The third-order valence-corrected chi connectivity index (χ3v) is 4.50. The molecule has 6 nitrogen and oxygen atoms in total. The number of carbonyl (C=O) groups is 1. The van der Waals surface area contributed by atoms with E-state index in [1.165, 1.54) is 11.5 Å². The number of carbonyl (C=O) groups excluding carboxylic acids is 1. The number of aromatic nitrogens is 1. The molecule has 1 aliphatic heterocycles. The number of nitrogens with two attached hydrogens (primary N) is 1. The number of hydrogen-bond acceptors (Lipinski definition) is 6. The van der Waals surface area contributed by atoms with Gasteiger partial charge in [0.1, 0.15) is 10.6 Å². The van der Waals surface area contributed by atoms with Gasteiger partial charge in [-0.25, -0.2) is 0 Å². The highest BCUT2D eigenvalue weighted by molar-refractivity contribution is 7.11. The molecule has 1 aromatic rings. The van der Waals surface area contributed by atoms with Crippen molar-refractivity contribution >= 4 is 28.3 Å². The van der Waals surface area contributed by atoms with Crippen LogP contribution in [0, 0.1) is 0 Å². The van der Waals surface area contributed by atoms with Crippen LogP contribution in [0.15, 0.2) is 0 Å². The van der Waals surface area contributed by atoms with Crippen molar-refractivity contribution in [3.05, 3.63) is 5.56 Å². The summed E-state index contributed by atoms with van der Waals surface area (Å²) in [7, 11) is 0. The molecule has 0 spiro atoms. The van der Waals surface area contributed by atoms with E-state index in [0.717, 1.165) is 44.0 Å². The van der Waals surface area contributed by atoms with Gasteiger partial charge in [0.15, 0.2) is 5.82 Å². The number of nitrogen functional groups attached to an aromatic ring is 1. The molecule has 1 aromatic heterocycles. The van der Waals surface area contributed by atoms with Crippen molar-refractivity contribution in [2.75, 3.05) is 30.3 Å². The third-order valence-electron chi connectivity index (χ3n) is 3.58. The van der Waals surface area contributed by atoms with E-state index in [1.54, 1.807) is 0 Å². The molecule has 110 valence electrons. The minimum atomic E-state index is -0.0911. The van der Waals surface area contributed by atoms with Crippen molar-refractivity contribution in [2.24, 2.45) is 0 Å². The SMILES string of the molecule is CC1CN(c2snc(N)c2C(=O)NC2CC2)CCCO1. The van der Waals surface area contributed by atoms with Crippen LogP contribution in [-0.4, -0.2) is 42.1 Å². The number of hydrogen-bond donors (Lipinski definition) is 2. The van der Waals surface area contributed by atoms with Crippen LogP contribution in [0.3, 0.4) is 0 Å². The number of amides is 1. The Balaban J connectivity index is 1.82. The molecule has 2 aliphatic rings. The molecule has 1 atom stereocenters. The van der Waals surface area contributed by atoms with Gasteiger partial charge >= 0.3 is 0 Å². The molecular formula is C13H20N4O2S. The Labute approximate surface area is 122 Å². The van der Waals surface area contributed by atoms with Crippen LogP contribution < -0.4 is 16.0 Å². The van der Waals surface area contributed by atoms with Gasteiger partial charge in [-0.05, 0) is 37.7 Å². The summed E-state index contributed by atoms with van der Waals surface area (Å²) in [5.74, 6) is 0.243. The van der Waals surface area contributed by atoms with Gasteiger partial charge in [-0.3, -0.25) is 4.79 Å². The molecule has 1 saturated heterocycles. The molecule has 2 heterocycles. The highest BCUT2D eigenvalue weighted by Crippen LogP contribution is 2.32. The zero-order valence-corrected chi connectivity index (χ0v) is 12.4. The fourth-order valence-corrected chi connectivity index (χ4v) is 3.23. The summed E-state index contributed by atoms with van der Waals surface area (Å²) in [6, 6.07) is 0.320. The predicted molar refractivity (Wildman–Crippen MR) is 79.3 cm³/mol. The van der Waals surface area contributed by atoms with Crippen molar-refractivity contribution in [2.45, 2.75) is 38.3 Å². The van der Waals surface area contributed by atoms with Crippen LogP contribution in [0.25, 0.3) is 0 Å². The van der Waals surface area contributed by atoms with Gasteiger partial charge in [-0.1, -0.05) is 0 Å². The van der Waals surface area contributed by atoms with Crippen LogP contribution >= 0.6 is 11.5 Å². The lowest BCUT2D eigenvalue weighted by Gasteiger charge is -2.23. The van der Waals surface area contributed by atoms with Gasteiger partial charge in [0.05, 0.1) is 6.10 Å². The van der Waals surface area contributed by atoms with Crippen LogP contribution in [-0.2, 0) is 4.74 Å². The lowest BCUT2D eigenvalue weighted by molar-refractivity contribution is 0.0820. The largest absolute Gasteiger partial charge is 0.382 e. The Bertz CT molecular complexity index is 501. The van der Waals surface area contributed by atoms with E-state index in [-0.39, 0.29) is 12.0 Å². The highest BCUT2D eigenvalue weighted by Gasteiger charge is 2.29. The Hall–Kier alpha value is -1.34. The highest BCUT2D eigenvalue weighted by atomic mass is 32.1. The average Bonchev–Trinajstić information content (AvgIpc) is 3.16. The molecule has 7 heteroatoms. The second-order valence-electron chi connectivity index (χ2n) is 5.48. The molecule has 2 fully saturated rings. The van der Waals surface area contributed by atoms with Crippen molar-refractivity contribution in [1.82, 2.24) is 9.69 Å². The molecule has 0 aromatic carbocycles. The van der Waals surface area contributed by atoms with E-state index >= 15 is 0 Å². The fraction of sp³-hybridized carbons (Fsp3) is 0.692. The summed E-state index contributed by atoms with van der Waals surface area (Å²) in [4.78, 5) is 14.5. The van der Waals surface area contributed by atoms with Crippen LogP contribution in [0.4, 0.5) is 10.8 Å². The van der Waals surface area contributed by atoms with E-state index in [9.17, 15) is 4.79 Å². The van der Waals surface area contributed by atoms with E-state index in [4.69, 9.17) is 10.5 Å². The second kappa shape index (κ2) is 5.57. The minimum Gasteiger partial charge on any atom is -0.382 e. The molecule has 20 heavy (non-hydrogen) atoms. The normalized spacial score (nSPS) is 23.4. The van der Waals surface area contributed by atoms with E-state index in [1.807, 2.05) is 6.92 Å². The van der Waals surface area contributed by atoms with E-state index in [2.05, 4.69) is 14.6 Å². The number of anilines is 2. The summed E-state index contributed by atoms with van der Waals surface area (Å²) < 4.78 is 9.82. The molecule has 1 aliphatic carbocycles. The summed E-state index contributed by atoms with van der Waals surface area (Å²) in [6.07, 6.45) is 3.23. The monoisotopic (exact) mass is 296 g/mol. The number of rotatable bonds is 3. The van der Waals surface area contributed by atoms with Gasteiger partial charge in [-0.2, -0.15) is 4.37 Å². The summed E-state index contributed by atoms with van der Waals surface area (Å²) in [6.45, 7) is 4.45. The van der Waals surface area contributed by atoms with Crippen molar-refractivity contribution in [3.8, 4) is 0 Å². The molecule has 1 unspecified atom stereocenters. The van der Waals surface area contributed by atoms with Crippen LogP contribution in [0.1, 0.15) is 36.5 Å². The summed E-state index contributed by atoms with van der Waals surface area (Å²) >= 11 is 1.30. The van der Waals surface area contributed by atoms with Gasteiger partial charge in [0.2, 0.25) is 0 Å². The van der Waals surface area contributed by atoms with Crippen molar-refractivity contribution in [1.29, 1.82) is 0 Å². The topological polar surface area (TPSA) is 80.5 Å². The maximum Gasteiger partial charge on any atom is 0.258 e. The maximum atomic E-state index is 12.3. The predicted octanol–water partition coefficient (Wildman–Crippen LogP) is 1.23. The molecule has 0 bridgehead atoms. The molecule has 1 saturated carbocycles. The Kier molecular flexibility index (Phi) is 3.80. The molecule has 1 amide bonds. The van der Waals surface area contributed by atoms with Crippen molar-refractivity contribution < 1.29 is 9.53 Å². The number of nitrogens with zero attached hydrogens (tertiary/aromatic N) is 2. The third kappa shape index (κ3) is 2.88. The zero-order chi connectivity index (χ0) is 14.1. The summed E-state index contributed by atoms with van der Waals surface area (Å²) in [5.41, 5.74) is 6.44. The smallest absolute Gasteiger partial charge is 0.258 e. The zero-order valence-electron chi connectivity index (χ0n) is 11.6. The van der Waals surface area contributed by atoms with Gasteiger partial charge in [0.25, 0.3) is 5.91 Å². The van der Waals surface area contributed by atoms with Gasteiger partial charge < -0.3 is 20.7 Å². The van der Waals surface area contributed by atoms with E-state index in [0.29, 0.717) is 17.4 Å². The van der Waals surface area contributed by atoms with Crippen LogP contribution in [0.5, 0.6) is 0 Å². The first-order valence-corrected chi connectivity index (χ1v) is 7.85. The van der Waals surface area contributed by atoms with Gasteiger partial charge in [0, 0.05) is 25.7 Å². The standard InChI is InChI=1S/C13H20N4O2S/c1-8-7-17(5-2-6-19-8)13-10(11(14)16-20-13)12(18)15-9-3-4-9/h8-9H,2-7H2,1H3,(H2,14,16)(H,15,18). The maximum absolute atomic E-state index is 12.3. The molecule has 3 N–H and O–H groups in total. The van der Waals surface area contributed by atoms with Crippen LogP contribution in [0.2, 0.25) is 0 Å². The first kappa shape index (κ1) is 13.6. The fourth-order valence-electron chi connectivity index (χ4n) is 2.39. The van der Waals surface area contributed by atoms with E-state index < -0.39 is 0 Å².